The standard InChI is InChI=1S/C14H23F3N2O4/c1-4-13(5-2,23-3)8-18-12(22)19-6-9(11(20)21)10(7-19)14(15,16)17/h9-10H,4-8H2,1-3H3,(H,18,22)(H,20,21)/t9-,10-/m1/s1. The number of carboxylic acids is 1. The molecule has 0 radical (unpaired) electrons. The Morgan fingerprint density at radius 3 is 2.17 bits per heavy atom. The Kier molecular flexibility index (Phi) is 6.26. The van der Waals surface area contributed by atoms with E-state index in [2.05, 4.69) is 5.32 Å². The Balaban J connectivity index is 2.73. The molecule has 2 amide bonds. The van der Waals surface area contributed by atoms with Crippen LogP contribution in [-0.4, -0.2) is 60.5 Å². The lowest BCUT2D eigenvalue weighted by atomic mass is 9.96. The van der Waals surface area contributed by atoms with Crippen LogP contribution in [-0.2, 0) is 9.53 Å². The van der Waals surface area contributed by atoms with Crippen molar-refractivity contribution >= 4 is 12.0 Å². The number of rotatable bonds is 6. The third kappa shape index (κ3) is 4.49. The summed E-state index contributed by atoms with van der Waals surface area (Å²) < 4.78 is 44.1. The van der Waals surface area contributed by atoms with Gasteiger partial charge in [-0.25, -0.2) is 4.79 Å². The summed E-state index contributed by atoms with van der Waals surface area (Å²) in [6.07, 6.45) is -3.40. The second kappa shape index (κ2) is 7.37. The second-order valence-corrected chi connectivity index (χ2v) is 5.75. The molecule has 2 atom stereocenters. The molecule has 0 spiro atoms. The molecule has 0 bridgehead atoms. The van der Waals surface area contributed by atoms with Crippen LogP contribution in [0.2, 0.25) is 0 Å². The van der Waals surface area contributed by atoms with Crippen LogP contribution in [0.25, 0.3) is 0 Å². The molecule has 6 nitrogen and oxygen atoms in total. The summed E-state index contributed by atoms with van der Waals surface area (Å²) >= 11 is 0. The summed E-state index contributed by atoms with van der Waals surface area (Å²) in [6, 6.07) is -0.702. The molecule has 1 rings (SSSR count). The van der Waals surface area contributed by atoms with Crippen molar-refractivity contribution in [2.45, 2.75) is 38.5 Å². The highest BCUT2D eigenvalue weighted by molar-refractivity contribution is 5.77. The first-order valence-corrected chi connectivity index (χ1v) is 7.47. The SMILES string of the molecule is CCC(CC)(CNC(=O)N1C[C@@H](C(F)(F)F)[C@H](C(=O)O)C1)OC. The molecule has 1 heterocycles. The number of ether oxygens (including phenoxy) is 1. The molecule has 0 aliphatic carbocycles. The van der Waals surface area contributed by atoms with Gasteiger partial charge < -0.3 is 20.1 Å². The van der Waals surface area contributed by atoms with E-state index in [0.29, 0.717) is 12.8 Å². The number of carboxylic acid groups (broad SMARTS) is 1. The first-order valence-electron chi connectivity index (χ1n) is 7.47. The maximum Gasteiger partial charge on any atom is 0.394 e. The van der Waals surface area contributed by atoms with Gasteiger partial charge in [-0.2, -0.15) is 13.2 Å². The number of amides is 2. The first kappa shape index (κ1) is 19.5. The lowest BCUT2D eigenvalue weighted by Crippen LogP contribution is -2.48. The van der Waals surface area contributed by atoms with Crippen LogP contribution < -0.4 is 5.32 Å². The van der Waals surface area contributed by atoms with Gasteiger partial charge >= 0.3 is 18.2 Å². The number of hydrogen-bond acceptors (Lipinski definition) is 3. The van der Waals surface area contributed by atoms with Crippen LogP contribution >= 0.6 is 0 Å². The lowest BCUT2D eigenvalue weighted by Gasteiger charge is -2.31. The van der Waals surface area contributed by atoms with Gasteiger partial charge in [-0.3, -0.25) is 4.79 Å². The molecule has 1 aliphatic rings. The van der Waals surface area contributed by atoms with Gasteiger partial charge in [-0.15, -0.1) is 0 Å². The smallest absolute Gasteiger partial charge is 0.394 e. The highest BCUT2D eigenvalue weighted by atomic mass is 19.4. The number of urea groups is 1. The Labute approximate surface area is 133 Å². The Bertz CT molecular complexity index is 430. The highest BCUT2D eigenvalue weighted by Gasteiger charge is 2.53. The molecule has 1 fully saturated rings. The largest absolute Gasteiger partial charge is 0.481 e. The molecule has 0 aromatic heterocycles. The van der Waals surface area contributed by atoms with Crippen molar-refractivity contribution < 1.29 is 32.6 Å². The molecule has 1 aliphatic heterocycles. The van der Waals surface area contributed by atoms with Crippen LogP contribution in [0.4, 0.5) is 18.0 Å². The minimum atomic E-state index is -4.65. The molecular formula is C14H23F3N2O4. The summed E-state index contributed by atoms with van der Waals surface area (Å²) in [4.78, 5) is 24.0. The third-order valence-electron chi connectivity index (χ3n) is 4.63. The summed E-state index contributed by atoms with van der Waals surface area (Å²) in [5.74, 6) is -5.23. The fourth-order valence-corrected chi connectivity index (χ4v) is 2.76. The van der Waals surface area contributed by atoms with E-state index in [4.69, 9.17) is 9.84 Å². The van der Waals surface area contributed by atoms with E-state index in [1.165, 1.54) is 7.11 Å². The predicted molar refractivity (Wildman–Crippen MR) is 76.0 cm³/mol. The third-order valence-corrected chi connectivity index (χ3v) is 4.63. The summed E-state index contributed by atoms with van der Waals surface area (Å²) in [5.41, 5.74) is -0.578. The molecule has 0 unspecified atom stereocenters. The Hall–Kier alpha value is -1.51. The van der Waals surface area contributed by atoms with E-state index in [0.717, 1.165) is 4.90 Å². The van der Waals surface area contributed by atoms with Crippen LogP contribution in [0.15, 0.2) is 0 Å². The predicted octanol–water partition coefficient (Wildman–Crippen LogP) is 2.10. The number of carbonyl (C=O) groups is 2. The quantitative estimate of drug-likeness (QED) is 0.776. The maximum atomic E-state index is 12.9. The normalized spacial score (nSPS) is 22.3. The summed E-state index contributed by atoms with van der Waals surface area (Å²) in [7, 11) is 1.51. The zero-order valence-corrected chi connectivity index (χ0v) is 13.4. The zero-order valence-electron chi connectivity index (χ0n) is 13.4. The lowest BCUT2D eigenvalue weighted by molar-refractivity contribution is -0.187. The average Bonchev–Trinajstić information content (AvgIpc) is 2.94. The minimum absolute atomic E-state index is 0.153. The number of aliphatic carboxylic acids is 1. The monoisotopic (exact) mass is 340 g/mol. The fourth-order valence-electron chi connectivity index (χ4n) is 2.76. The fraction of sp³-hybridized carbons (Fsp3) is 0.857. The van der Waals surface area contributed by atoms with E-state index in [1.54, 1.807) is 0 Å². The van der Waals surface area contributed by atoms with Crippen molar-refractivity contribution in [3.8, 4) is 0 Å². The van der Waals surface area contributed by atoms with E-state index < -0.39 is 48.7 Å². The molecule has 0 aromatic rings. The molecule has 2 N–H and O–H groups in total. The van der Waals surface area contributed by atoms with Gasteiger partial charge in [0.25, 0.3) is 0 Å². The molecule has 0 saturated carbocycles. The van der Waals surface area contributed by atoms with Gasteiger partial charge in [0.2, 0.25) is 0 Å². The molecule has 0 aromatic carbocycles. The van der Waals surface area contributed by atoms with E-state index >= 15 is 0 Å². The number of hydrogen-bond donors (Lipinski definition) is 2. The number of alkyl halides is 3. The Morgan fingerprint density at radius 2 is 1.83 bits per heavy atom. The highest BCUT2D eigenvalue weighted by Crippen LogP contribution is 2.37. The average molecular weight is 340 g/mol. The number of nitrogens with one attached hydrogen (secondary N) is 1. The van der Waals surface area contributed by atoms with Crippen LogP contribution in [0, 0.1) is 11.8 Å². The van der Waals surface area contributed by atoms with E-state index in [9.17, 15) is 22.8 Å². The van der Waals surface area contributed by atoms with Crippen molar-refractivity contribution in [2.24, 2.45) is 11.8 Å². The number of likely N-dealkylation sites (tertiary alicyclic amines) is 1. The molecule has 1 saturated heterocycles. The van der Waals surface area contributed by atoms with E-state index in [1.807, 2.05) is 13.8 Å². The van der Waals surface area contributed by atoms with Gasteiger partial charge in [-0.05, 0) is 12.8 Å². The number of nitrogens with zero attached hydrogens (tertiary/aromatic N) is 1. The molecule has 134 valence electrons. The number of methoxy groups -OCH3 is 1. The van der Waals surface area contributed by atoms with Gasteiger partial charge in [0.05, 0.1) is 17.4 Å². The van der Waals surface area contributed by atoms with Gasteiger partial charge in [0.15, 0.2) is 0 Å². The van der Waals surface area contributed by atoms with Crippen LogP contribution in [0.5, 0.6) is 0 Å². The zero-order chi connectivity index (χ0) is 17.8. The van der Waals surface area contributed by atoms with Gasteiger partial charge in [-0.1, -0.05) is 13.8 Å². The van der Waals surface area contributed by atoms with Crippen molar-refractivity contribution in [2.75, 3.05) is 26.7 Å². The number of carbonyl (C=O) groups excluding carboxylic acids is 1. The maximum absolute atomic E-state index is 12.9. The molecule has 23 heavy (non-hydrogen) atoms. The van der Waals surface area contributed by atoms with Gasteiger partial charge in [0, 0.05) is 26.7 Å². The van der Waals surface area contributed by atoms with Crippen LogP contribution in [0.3, 0.4) is 0 Å². The minimum Gasteiger partial charge on any atom is -0.481 e. The van der Waals surface area contributed by atoms with Crippen molar-refractivity contribution in [3.05, 3.63) is 0 Å². The number of halogens is 3. The van der Waals surface area contributed by atoms with Gasteiger partial charge in [0.1, 0.15) is 0 Å². The molecule has 9 heteroatoms. The van der Waals surface area contributed by atoms with Crippen molar-refractivity contribution in [1.82, 2.24) is 10.2 Å². The van der Waals surface area contributed by atoms with Crippen molar-refractivity contribution in [1.29, 1.82) is 0 Å². The first-order chi connectivity index (χ1) is 10.6. The summed E-state index contributed by atoms with van der Waals surface area (Å²) in [5, 5.41) is 11.5. The van der Waals surface area contributed by atoms with Crippen LogP contribution in [0.1, 0.15) is 26.7 Å². The second-order valence-electron chi connectivity index (χ2n) is 5.75. The summed E-state index contributed by atoms with van der Waals surface area (Å²) in [6.45, 7) is 2.82. The van der Waals surface area contributed by atoms with Crippen molar-refractivity contribution in [3.63, 3.8) is 0 Å². The Morgan fingerprint density at radius 1 is 1.26 bits per heavy atom. The topological polar surface area (TPSA) is 78.9 Å². The molecular weight excluding hydrogens is 317 g/mol. The van der Waals surface area contributed by atoms with E-state index in [-0.39, 0.29) is 6.54 Å².